The normalized spacial score (nSPS) is 21.5. The number of phenolic OH excluding ortho intramolecular Hbond substituents is 1. The first kappa shape index (κ1) is 12.4. The van der Waals surface area contributed by atoms with Crippen molar-refractivity contribution >= 4 is 11.8 Å². The van der Waals surface area contributed by atoms with Crippen LogP contribution in [0.1, 0.15) is 25.0 Å². The molecule has 0 aromatic heterocycles. The lowest BCUT2D eigenvalue weighted by Crippen LogP contribution is -2.24. The van der Waals surface area contributed by atoms with E-state index < -0.39 is 0 Å². The van der Waals surface area contributed by atoms with E-state index in [0.717, 1.165) is 17.7 Å². The Morgan fingerprint density at radius 1 is 1.11 bits per heavy atom. The van der Waals surface area contributed by atoms with Gasteiger partial charge in [-0.15, -0.1) is 11.8 Å². The third kappa shape index (κ3) is 2.43. The molecule has 1 aliphatic rings. The van der Waals surface area contributed by atoms with Crippen LogP contribution < -0.4 is 4.74 Å². The summed E-state index contributed by atoms with van der Waals surface area (Å²) in [7, 11) is 0. The van der Waals surface area contributed by atoms with Crippen molar-refractivity contribution in [3.8, 4) is 11.5 Å². The first-order valence-corrected chi connectivity index (χ1v) is 7.37. The molecule has 0 spiro atoms. The third-order valence-electron chi connectivity index (χ3n) is 3.34. The van der Waals surface area contributed by atoms with Crippen molar-refractivity contribution in [3.05, 3.63) is 54.1 Å². The minimum absolute atomic E-state index is 0.0468. The van der Waals surface area contributed by atoms with Crippen LogP contribution in [0.2, 0.25) is 0 Å². The van der Waals surface area contributed by atoms with Gasteiger partial charge >= 0.3 is 0 Å². The van der Waals surface area contributed by atoms with Crippen molar-refractivity contribution in [2.24, 2.45) is 0 Å². The Kier molecular flexibility index (Phi) is 3.38. The molecule has 1 heterocycles. The van der Waals surface area contributed by atoms with Gasteiger partial charge in [-0.1, -0.05) is 31.2 Å². The number of para-hydroxylation sites is 1. The number of aromatic hydroxyl groups is 1. The fourth-order valence-corrected chi connectivity index (χ4v) is 3.55. The van der Waals surface area contributed by atoms with Gasteiger partial charge in [-0.25, -0.2) is 0 Å². The molecule has 3 heteroatoms. The maximum absolute atomic E-state index is 9.39. The van der Waals surface area contributed by atoms with E-state index in [-0.39, 0.29) is 6.10 Å². The Labute approximate surface area is 117 Å². The van der Waals surface area contributed by atoms with Gasteiger partial charge in [-0.3, -0.25) is 0 Å². The van der Waals surface area contributed by atoms with E-state index in [2.05, 4.69) is 13.0 Å². The summed E-state index contributed by atoms with van der Waals surface area (Å²) in [5.41, 5.74) is 1.12. The zero-order chi connectivity index (χ0) is 13.2. The van der Waals surface area contributed by atoms with Crippen LogP contribution in [0.25, 0.3) is 0 Å². The van der Waals surface area contributed by atoms with E-state index >= 15 is 0 Å². The molecule has 2 atom stereocenters. The van der Waals surface area contributed by atoms with Crippen LogP contribution in [0.15, 0.2) is 53.4 Å². The quantitative estimate of drug-likeness (QED) is 0.878. The number of thioether (sulfide) groups is 1. The molecule has 0 fully saturated rings. The number of benzene rings is 2. The molecule has 98 valence electrons. The van der Waals surface area contributed by atoms with Crippen molar-refractivity contribution in [2.45, 2.75) is 29.6 Å². The first-order valence-electron chi connectivity index (χ1n) is 6.49. The molecular weight excluding hydrogens is 256 g/mol. The van der Waals surface area contributed by atoms with Crippen molar-refractivity contribution in [3.63, 3.8) is 0 Å². The fraction of sp³-hybridized carbons (Fsp3) is 0.250. The first-order chi connectivity index (χ1) is 9.28. The van der Waals surface area contributed by atoms with Gasteiger partial charge in [-0.05, 0) is 36.2 Å². The molecule has 2 aromatic rings. The van der Waals surface area contributed by atoms with E-state index in [0.29, 0.717) is 11.0 Å². The summed E-state index contributed by atoms with van der Waals surface area (Å²) < 4.78 is 6.16. The van der Waals surface area contributed by atoms with E-state index in [1.165, 1.54) is 4.90 Å². The van der Waals surface area contributed by atoms with Crippen LogP contribution in [0.5, 0.6) is 11.5 Å². The van der Waals surface area contributed by atoms with E-state index in [4.69, 9.17) is 4.74 Å². The van der Waals surface area contributed by atoms with E-state index in [1.54, 1.807) is 12.1 Å². The average Bonchev–Trinajstić information content (AvgIpc) is 2.46. The highest BCUT2D eigenvalue weighted by atomic mass is 32.2. The molecule has 0 saturated heterocycles. The molecule has 0 aliphatic carbocycles. The highest BCUT2D eigenvalue weighted by Crippen LogP contribution is 2.46. The van der Waals surface area contributed by atoms with Crippen LogP contribution >= 0.6 is 11.8 Å². The molecule has 0 radical (unpaired) electrons. The van der Waals surface area contributed by atoms with Crippen molar-refractivity contribution in [2.75, 3.05) is 0 Å². The fourth-order valence-electron chi connectivity index (χ4n) is 2.33. The van der Waals surface area contributed by atoms with Crippen LogP contribution in [0.3, 0.4) is 0 Å². The Morgan fingerprint density at radius 2 is 1.84 bits per heavy atom. The lowest BCUT2D eigenvalue weighted by Gasteiger charge is -2.32. The Hall–Kier alpha value is -1.61. The highest BCUT2D eigenvalue weighted by molar-refractivity contribution is 8.00. The third-order valence-corrected chi connectivity index (χ3v) is 4.82. The maximum atomic E-state index is 9.39. The van der Waals surface area contributed by atoms with E-state index in [9.17, 15) is 5.11 Å². The van der Waals surface area contributed by atoms with Gasteiger partial charge in [0.05, 0.1) is 5.25 Å². The molecule has 0 unspecified atom stereocenters. The zero-order valence-corrected chi connectivity index (χ0v) is 11.6. The van der Waals surface area contributed by atoms with Crippen molar-refractivity contribution in [1.29, 1.82) is 0 Å². The highest BCUT2D eigenvalue weighted by Gasteiger charge is 2.30. The number of rotatable bonds is 2. The summed E-state index contributed by atoms with van der Waals surface area (Å²) in [5.74, 6) is 1.25. The molecule has 0 saturated carbocycles. The van der Waals surface area contributed by atoms with Gasteiger partial charge in [0.15, 0.2) is 0 Å². The second-order valence-electron chi connectivity index (χ2n) is 4.64. The van der Waals surface area contributed by atoms with Gasteiger partial charge in [0.2, 0.25) is 0 Å². The summed E-state index contributed by atoms with van der Waals surface area (Å²) in [4.78, 5) is 1.21. The predicted octanol–water partition coefficient (Wildman–Crippen LogP) is 4.40. The molecule has 3 rings (SSSR count). The molecule has 2 nitrogen and oxygen atoms in total. The number of hydrogen-bond donors (Lipinski definition) is 1. The number of phenols is 1. The molecule has 19 heavy (non-hydrogen) atoms. The summed E-state index contributed by atoms with van der Waals surface area (Å²) in [6.45, 7) is 2.18. The van der Waals surface area contributed by atoms with Crippen molar-refractivity contribution < 1.29 is 9.84 Å². The monoisotopic (exact) mass is 272 g/mol. The van der Waals surface area contributed by atoms with Gasteiger partial charge in [0.1, 0.15) is 17.6 Å². The van der Waals surface area contributed by atoms with Crippen LogP contribution in [-0.4, -0.2) is 10.4 Å². The lowest BCUT2D eigenvalue weighted by molar-refractivity contribution is 0.188. The molecule has 1 aliphatic heterocycles. The topological polar surface area (TPSA) is 29.5 Å². The van der Waals surface area contributed by atoms with E-state index in [1.807, 2.05) is 42.1 Å². The van der Waals surface area contributed by atoms with Crippen LogP contribution in [0, 0.1) is 0 Å². The van der Waals surface area contributed by atoms with Gasteiger partial charge < -0.3 is 9.84 Å². The molecule has 1 N–H and O–H groups in total. The second-order valence-corrected chi connectivity index (χ2v) is 5.92. The van der Waals surface area contributed by atoms with Crippen molar-refractivity contribution in [1.82, 2.24) is 0 Å². The standard InChI is InChI=1S/C16H16O2S/c1-2-14-16(11-7-9-12(17)10-8-11)18-13-5-3-4-6-15(13)19-14/h3-10,14,16-17H,2H2,1H3/t14-,16+/m0/s1. The maximum Gasteiger partial charge on any atom is 0.136 e. The summed E-state index contributed by atoms with van der Waals surface area (Å²) in [6, 6.07) is 15.5. The summed E-state index contributed by atoms with van der Waals surface area (Å²) >= 11 is 1.88. The Morgan fingerprint density at radius 3 is 2.58 bits per heavy atom. The Bertz CT molecular complexity index is 565. The van der Waals surface area contributed by atoms with Crippen LogP contribution in [0.4, 0.5) is 0 Å². The number of hydrogen-bond acceptors (Lipinski definition) is 3. The molecule has 0 bridgehead atoms. The average molecular weight is 272 g/mol. The van der Waals surface area contributed by atoms with Gasteiger partial charge in [-0.2, -0.15) is 0 Å². The summed E-state index contributed by atoms with van der Waals surface area (Å²) in [6.07, 6.45) is 1.09. The minimum atomic E-state index is 0.0468. The zero-order valence-electron chi connectivity index (χ0n) is 10.7. The van der Waals surface area contributed by atoms with Gasteiger partial charge in [0.25, 0.3) is 0 Å². The molecule has 2 aromatic carbocycles. The Balaban J connectivity index is 1.95. The molecule has 0 amide bonds. The lowest BCUT2D eigenvalue weighted by atomic mass is 10.0. The SMILES string of the molecule is CC[C@@H]1Sc2ccccc2O[C@@H]1c1ccc(O)cc1. The minimum Gasteiger partial charge on any atom is -0.508 e. The predicted molar refractivity (Wildman–Crippen MR) is 77.9 cm³/mol. The number of ether oxygens (including phenoxy) is 1. The number of fused-ring (bicyclic) bond motifs is 1. The summed E-state index contributed by atoms with van der Waals surface area (Å²) in [5, 5.41) is 9.79. The van der Waals surface area contributed by atoms with Gasteiger partial charge in [0, 0.05) is 4.90 Å². The largest absolute Gasteiger partial charge is 0.508 e. The second kappa shape index (κ2) is 5.17. The van der Waals surface area contributed by atoms with Crippen LogP contribution in [-0.2, 0) is 0 Å². The smallest absolute Gasteiger partial charge is 0.136 e. The molecular formula is C16H16O2S.